The Morgan fingerprint density at radius 3 is 2.57 bits per heavy atom. The normalized spacial score (nSPS) is 21.1. The van der Waals surface area contributed by atoms with Crippen LogP contribution >= 0.6 is 0 Å². The van der Waals surface area contributed by atoms with E-state index in [4.69, 9.17) is 4.74 Å². The van der Waals surface area contributed by atoms with Gasteiger partial charge in [-0.2, -0.15) is 0 Å². The van der Waals surface area contributed by atoms with Crippen LogP contribution in [0.1, 0.15) is 50.0 Å². The Bertz CT molecular complexity index is 754. The molecule has 1 aliphatic heterocycles. The summed E-state index contributed by atoms with van der Waals surface area (Å²) in [5, 5.41) is 15.2. The van der Waals surface area contributed by atoms with Crippen molar-refractivity contribution in [3.8, 4) is 5.75 Å². The van der Waals surface area contributed by atoms with Crippen molar-refractivity contribution in [2.45, 2.75) is 53.1 Å². The third-order valence-corrected chi connectivity index (χ3v) is 4.74. The second kappa shape index (κ2) is 8.73. The number of hydrogen-bond donors (Lipinski definition) is 3. The van der Waals surface area contributed by atoms with E-state index in [1.54, 1.807) is 13.0 Å². The first-order valence-electron chi connectivity index (χ1n) is 9.49. The molecule has 0 saturated carbocycles. The Balaban J connectivity index is 2.16. The smallest absolute Gasteiger partial charge is 0.251 e. The van der Waals surface area contributed by atoms with E-state index in [0.717, 1.165) is 0 Å². The van der Waals surface area contributed by atoms with E-state index in [9.17, 15) is 19.5 Å². The van der Waals surface area contributed by atoms with E-state index < -0.39 is 18.0 Å². The van der Waals surface area contributed by atoms with Gasteiger partial charge in [0.2, 0.25) is 5.91 Å². The first-order chi connectivity index (χ1) is 13.0. The number of nitrogens with one attached hydrogen (secondary N) is 2. The molecule has 28 heavy (non-hydrogen) atoms. The number of benzene rings is 1. The summed E-state index contributed by atoms with van der Waals surface area (Å²) < 4.78 is 5.20. The summed E-state index contributed by atoms with van der Waals surface area (Å²) in [6.45, 7) is 9.87. The number of phenolic OH excluding ortho intramolecular Hbond substituents is 1. The molecule has 0 aromatic heterocycles. The van der Waals surface area contributed by atoms with Crippen LogP contribution < -0.4 is 10.6 Å². The fourth-order valence-electron chi connectivity index (χ4n) is 3.19. The Morgan fingerprint density at radius 1 is 1.32 bits per heavy atom. The zero-order valence-corrected chi connectivity index (χ0v) is 17.2. The number of carbonyl (C=O) groups excluding carboxylic acids is 3. The number of rotatable bonds is 5. The number of ether oxygens (including phenoxy) is 1. The number of carbonyl (C=O) groups is 3. The lowest BCUT2D eigenvalue weighted by atomic mass is 9.87. The van der Waals surface area contributed by atoms with Gasteiger partial charge in [-0.1, -0.05) is 27.7 Å². The second-order valence-electron chi connectivity index (χ2n) is 8.74. The number of aromatic hydroxyl groups is 1. The highest BCUT2D eigenvalue weighted by molar-refractivity contribution is 5.99. The lowest BCUT2D eigenvalue weighted by Gasteiger charge is -2.31. The first kappa shape index (κ1) is 21.9. The topological polar surface area (TPSA) is 105 Å². The average molecular weight is 390 g/mol. The van der Waals surface area contributed by atoms with Gasteiger partial charge in [-0.25, -0.2) is 0 Å². The minimum atomic E-state index is -0.788. The predicted octanol–water partition coefficient (Wildman–Crippen LogP) is 1.96. The molecule has 3 atom stereocenters. The molecule has 0 radical (unpaired) electrons. The molecule has 1 aromatic carbocycles. The largest absolute Gasteiger partial charge is 0.508 e. The molecular weight excluding hydrogens is 360 g/mol. The van der Waals surface area contributed by atoms with Gasteiger partial charge in [-0.05, 0) is 42.5 Å². The van der Waals surface area contributed by atoms with Crippen LogP contribution in [-0.2, 0) is 14.3 Å². The number of Topliss-reactive ketones (excluding diaryl/α,β-unsaturated/α-hetero) is 1. The van der Waals surface area contributed by atoms with Crippen LogP contribution in [0.5, 0.6) is 5.75 Å². The maximum absolute atomic E-state index is 12.9. The molecule has 7 nitrogen and oxygen atoms in total. The molecule has 0 bridgehead atoms. The highest BCUT2D eigenvalue weighted by Crippen LogP contribution is 2.22. The van der Waals surface area contributed by atoms with Gasteiger partial charge in [0.25, 0.3) is 5.91 Å². The lowest BCUT2D eigenvalue weighted by Crippen LogP contribution is -2.56. The van der Waals surface area contributed by atoms with Crippen molar-refractivity contribution in [2.75, 3.05) is 13.2 Å². The van der Waals surface area contributed by atoms with E-state index in [1.807, 2.05) is 27.7 Å². The number of aryl methyl sites for hydroxylation is 1. The molecule has 3 N–H and O–H groups in total. The molecule has 7 heteroatoms. The van der Waals surface area contributed by atoms with Crippen LogP contribution in [0.4, 0.5) is 0 Å². The number of phenols is 1. The van der Waals surface area contributed by atoms with Gasteiger partial charge < -0.3 is 20.5 Å². The third-order valence-electron chi connectivity index (χ3n) is 4.74. The summed E-state index contributed by atoms with van der Waals surface area (Å²) in [6.07, 6.45) is 0.410. The van der Waals surface area contributed by atoms with Crippen molar-refractivity contribution in [3.63, 3.8) is 0 Å². The van der Waals surface area contributed by atoms with Crippen molar-refractivity contribution >= 4 is 17.6 Å². The average Bonchev–Trinajstić information content (AvgIpc) is 2.58. The van der Waals surface area contributed by atoms with E-state index >= 15 is 0 Å². The van der Waals surface area contributed by atoms with Gasteiger partial charge in [0.15, 0.2) is 5.78 Å². The SMILES string of the molecule is Cc1cc(C(=O)N[C@@H](CC(C)(C)C)C(=O)NC2C(=O)COCC2C)ccc1O. The maximum Gasteiger partial charge on any atom is 0.251 e. The zero-order valence-electron chi connectivity index (χ0n) is 17.2. The molecule has 0 spiro atoms. The predicted molar refractivity (Wildman–Crippen MR) is 105 cm³/mol. The summed E-state index contributed by atoms with van der Waals surface area (Å²) in [4.78, 5) is 37.7. The Morgan fingerprint density at radius 2 is 2.00 bits per heavy atom. The van der Waals surface area contributed by atoms with E-state index in [-0.39, 0.29) is 35.4 Å². The van der Waals surface area contributed by atoms with Crippen LogP contribution in [-0.4, -0.2) is 48.0 Å². The van der Waals surface area contributed by atoms with Gasteiger partial charge in [0, 0.05) is 11.5 Å². The maximum atomic E-state index is 12.9. The number of ketones is 1. The molecule has 2 amide bonds. The standard InChI is InChI=1S/C21H30N2O5/c1-12-8-14(6-7-16(12)24)19(26)22-15(9-21(3,4)5)20(27)23-18-13(2)10-28-11-17(18)25/h6-8,13,15,18,24H,9-11H2,1-5H3,(H,22,26)(H,23,27)/t13?,15-,18?/m0/s1. The molecule has 0 aliphatic carbocycles. The summed E-state index contributed by atoms with van der Waals surface area (Å²) in [6, 6.07) is 3.13. The van der Waals surface area contributed by atoms with Gasteiger partial charge in [0.05, 0.1) is 12.6 Å². The van der Waals surface area contributed by atoms with Crippen molar-refractivity contribution in [3.05, 3.63) is 29.3 Å². The highest BCUT2D eigenvalue weighted by atomic mass is 16.5. The summed E-state index contributed by atoms with van der Waals surface area (Å²) >= 11 is 0. The van der Waals surface area contributed by atoms with E-state index in [1.165, 1.54) is 12.1 Å². The quantitative estimate of drug-likeness (QED) is 0.713. The second-order valence-corrected chi connectivity index (χ2v) is 8.74. The molecule has 1 heterocycles. The van der Waals surface area contributed by atoms with E-state index in [0.29, 0.717) is 24.2 Å². The minimum absolute atomic E-state index is 0.0155. The van der Waals surface area contributed by atoms with Gasteiger partial charge >= 0.3 is 0 Å². The Hall–Kier alpha value is -2.41. The molecule has 1 aliphatic rings. The molecule has 1 fully saturated rings. The van der Waals surface area contributed by atoms with Crippen molar-refractivity contribution in [2.24, 2.45) is 11.3 Å². The number of hydrogen-bond acceptors (Lipinski definition) is 5. The van der Waals surface area contributed by atoms with E-state index in [2.05, 4.69) is 10.6 Å². The molecule has 2 unspecified atom stereocenters. The van der Waals surface area contributed by atoms with Crippen molar-refractivity contribution in [1.82, 2.24) is 10.6 Å². The van der Waals surface area contributed by atoms with Crippen molar-refractivity contribution < 1.29 is 24.2 Å². The molecule has 1 saturated heterocycles. The van der Waals surface area contributed by atoms with Crippen molar-refractivity contribution in [1.29, 1.82) is 0 Å². The summed E-state index contributed by atoms with van der Waals surface area (Å²) in [5.74, 6) is -0.977. The summed E-state index contributed by atoms with van der Waals surface area (Å²) in [5.41, 5.74) is 0.717. The van der Waals surface area contributed by atoms with Crippen LogP contribution in [0.2, 0.25) is 0 Å². The zero-order chi connectivity index (χ0) is 21.1. The molecule has 2 rings (SSSR count). The third kappa shape index (κ3) is 5.79. The fraction of sp³-hybridized carbons (Fsp3) is 0.571. The van der Waals surface area contributed by atoms with Crippen LogP contribution in [0.3, 0.4) is 0 Å². The Kier molecular flexibility index (Phi) is 6.82. The van der Waals surface area contributed by atoms with Crippen LogP contribution in [0, 0.1) is 18.3 Å². The molecule has 154 valence electrons. The Labute approximate surface area is 165 Å². The van der Waals surface area contributed by atoms with Gasteiger partial charge in [0.1, 0.15) is 18.4 Å². The van der Waals surface area contributed by atoms with Crippen LogP contribution in [0.15, 0.2) is 18.2 Å². The highest BCUT2D eigenvalue weighted by Gasteiger charge is 2.34. The monoisotopic (exact) mass is 390 g/mol. The lowest BCUT2D eigenvalue weighted by molar-refractivity contribution is -0.137. The fourth-order valence-corrected chi connectivity index (χ4v) is 3.19. The van der Waals surface area contributed by atoms with Crippen LogP contribution in [0.25, 0.3) is 0 Å². The molecule has 1 aromatic rings. The number of amides is 2. The van der Waals surface area contributed by atoms with Gasteiger partial charge in [-0.3, -0.25) is 14.4 Å². The summed E-state index contributed by atoms with van der Waals surface area (Å²) in [7, 11) is 0. The molecular formula is C21H30N2O5. The minimum Gasteiger partial charge on any atom is -0.508 e. The first-order valence-corrected chi connectivity index (χ1v) is 9.49. The van der Waals surface area contributed by atoms with Gasteiger partial charge in [-0.15, -0.1) is 0 Å².